The Morgan fingerprint density at radius 2 is 1.52 bits per heavy atom. The second-order valence-electron chi connectivity index (χ2n) is 9.09. The van der Waals surface area contributed by atoms with Crippen molar-refractivity contribution in [3.05, 3.63) is 0 Å². The molecule has 0 radical (unpaired) electrons. The van der Waals surface area contributed by atoms with Gasteiger partial charge in [0.05, 0.1) is 13.0 Å². The molecule has 192 valence electrons. The quantitative estimate of drug-likeness (QED) is 0.202. The molecule has 1 saturated heterocycles. The van der Waals surface area contributed by atoms with Crippen LogP contribution in [-0.2, 0) is 23.9 Å². The van der Waals surface area contributed by atoms with E-state index >= 15 is 0 Å². The van der Waals surface area contributed by atoms with Gasteiger partial charge in [0.25, 0.3) is 0 Å². The van der Waals surface area contributed by atoms with Crippen molar-refractivity contribution < 1.29 is 29.0 Å². The van der Waals surface area contributed by atoms with E-state index in [-0.39, 0.29) is 24.9 Å². The minimum absolute atomic E-state index is 0.142. The molecule has 1 aliphatic rings. The molecule has 0 amide bonds. The molecular formula is C25H46N2O6. The van der Waals surface area contributed by atoms with Gasteiger partial charge in [-0.2, -0.15) is 0 Å². The Bertz CT molecular complexity index is 557. The van der Waals surface area contributed by atoms with Crippen LogP contribution < -0.4 is 5.73 Å². The summed E-state index contributed by atoms with van der Waals surface area (Å²) in [6, 6.07) is -0.637. The molecule has 0 aromatic carbocycles. The van der Waals surface area contributed by atoms with Crippen molar-refractivity contribution in [3.8, 4) is 0 Å². The van der Waals surface area contributed by atoms with Crippen LogP contribution in [0.4, 0.5) is 0 Å². The number of rotatable bonds is 20. The standard InChI is InChI=1S/C25H46N2O6/c1-2-3-4-5-6-7-8-9-13-18-32-23(28)14-11-10-12-17-27-20-21(19-22(27)25(30)31)33-24(29)15-16-26/h21-22H,2-20,26H2,1H3,(H,30,31)/t21?,22-/m0/s1. The fraction of sp³-hybridized carbons (Fsp3) is 0.880. The van der Waals surface area contributed by atoms with Crippen molar-refractivity contribution in [1.29, 1.82) is 0 Å². The Kier molecular flexibility index (Phi) is 16.7. The first-order valence-electron chi connectivity index (χ1n) is 13.0. The molecule has 1 rings (SSSR count). The molecule has 1 unspecified atom stereocenters. The minimum atomic E-state index is -0.896. The number of carbonyl (C=O) groups is 3. The molecule has 0 spiro atoms. The summed E-state index contributed by atoms with van der Waals surface area (Å²) in [4.78, 5) is 36.9. The summed E-state index contributed by atoms with van der Waals surface area (Å²) in [5.41, 5.74) is 5.35. The first-order valence-corrected chi connectivity index (χ1v) is 13.0. The molecule has 1 fully saturated rings. The van der Waals surface area contributed by atoms with Crippen LogP contribution in [0.2, 0.25) is 0 Å². The fourth-order valence-electron chi connectivity index (χ4n) is 4.25. The third-order valence-corrected chi connectivity index (χ3v) is 6.13. The van der Waals surface area contributed by atoms with Crippen LogP contribution in [0.15, 0.2) is 0 Å². The molecule has 1 heterocycles. The van der Waals surface area contributed by atoms with Gasteiger partial charge in [-0.3, -0.25) is 19.3 Å². The number of unbranched alkanes of at least 4 members (excludes halogenated alkanes) is 10. The van der Waals surface area contributed by atoms with Crippen molar-refractivity contribution in [2.75, 3.05) is 26.2 Å². The molecule has 0 aromatic heterocycles. The number of ether oxygens (including phenoxy) is 2. The molecule has 8 nitrogen and oxygen atoms in total. The van der Waals surface area contributed by atoms with Gasteiger partial charge in [0.15, 0.2) is 0 Å². The first kappa shape index (κ1) is 29.4. The Morgan fingerprint density at radius 3 is 2.15 bits per heavy atom. The largest absolute Gasteiger partial charge is 0.480 e. The van der Waals surface area contributed by atoms with Crippen LogP contribution in [0.3, 0.4) is 0 Å². The molecule has 0 aliphatic carbocycles. The van der Waals surface area contributed by atoms with Gasteiger partial charge in [0.1, 0.15) is 12.1 Å². The zero-order valence-electron chi connectivity index (χ0n) is 20.6. The lowest BCUT2D eigenvalue weighted by molar-refractivity contribution is -0.149. The molecule has 8 heteroatoms. The maximum Gasteiger partial charge on any atom is 0.321 e. The smallest absolute Gasteiger partial charge is 0.321 e. The average molecular weight is 471 g/mol. The van der Waals surface area contributed by atoms with E-state index in [0.717, 1.165) is 32.1 Å². The fourth-order valence-corrected chi connectivity index (χ4v) is 4.25. The van der Waals surface area contributed by atoms with Crippen molar-refractivity contribution in [2.24, 2.45) is 5.73 Å². The lowest BCUT2D eigenvalue weighted by atomic mass is 10.1. The second-order valence-corrected chi connectivity index (χ2v) is 9.09. The summed E-state index contributed by atoms with van der Waals surface area (Å²) in [6.45, 7) is 3.99. The number of hydrogen-bond donors (Lipinski definition) is 2. The highest BCUT2D eigenvalue weighted by Crippen LogP contribution is 2.22. The minimum Gasteiger partial charge on any atom is -0.480 e. The molecule has 0 saturated carbocycles. The summed E-state index contributed by atoms with van der Waals surface area (Å²) < 4.78 is 10.6. The monoisotopic (exact) mass is 470 g/mol. The van der Waals surface area contributed by atoms with Crippen LogP contribution in [0.1, 0.15) is 103 Å². The van der Waals surface area contributed by atoms with E-state index in [0.29, 0.717) is 32.5 Å². The number of nitrogens with two attached hydrogens (primary N) is 1. The SMILES string of the molecule is CCCCCCCCCCCOC(=O)CCCCCN1CC(OC(=O)CCN)C[C@H]1C(=O)O. The number of carbonyl (C=O) groups excluding carboxylic acids is 2. The number of carboxylic acids is 1. The summed E-state index contributed by atoms with van der Waals surface area (Å²) in [5, 5.41) is 9.45. The highest BCUT2D eigenvalue weighted by atomic mass is 16.5. The molecule has 3 N–H and O–H groups in total. The normalized spacial score (nSPS) is 18.4. The summed E-state index contributed by atoms with van der Waals surface area (Å²) in [7, 11) is 0. The van der Waals surface area contributed by atoms with Gasteiger partial charge < -0.3 is 20.3 Å². The third-order valence-electron chi connectivity index (χ3n) is 6.13. The second kappa shape index (κ2) is 18.7. The van der Waals surface area contributed by atoms with Gasteiger partial charge in [-0.05, 0) is 25.8 Å². The van der Waals surface area contributed by atoms with Crippen molar-refractivity contribution >= 4 is 17.9 Å². The number of esters is 2. The maximum absolute atomic E-state index is 11.9. The Balaban J connectivity index is 2.05. The Labute approximate surface area is 199 Å². The van der Waals surface area contributed by atoms with E-state index in [2.05, 4.69) is 6.92 Å². The Hall–Kier alpha value is -1.67. The van der Waals surface area contributed by atoms with Crippen molar-refractivity contribution in [1.82, 2.24) is 4.90 Å². The molecular weight excluding hydrogens is 424 g/mol. The highest BCUT2D eigenvalue weighted by Gasteiger charge is 2.38. The van der Waals surface area contributed by atoms with Gasteiger partial charge in [0, 0.05) is 25.9 Å². The molecule has 33 heavy (non-hydrogen) atoms. The molecule has 2 atom stereocenters. The molecule has 1 aliphatic heterocycles. The van der Waals surface area contributed by atoms with Crippen LogP contribution >= 0.6 is 0 Å². The van der Waals surface area contributed by atoms with Crippen molar-refractivity contribution in [3.63, 3.8) is 0 Å². The average Bonchev–Trinajstić information content (AvgIpc) is 3.17. The van der Waals surface area contributed by atoms with Crippen LogP contribution in [0.25, 0.3) is 0 Å². The highest BCUT2D eigenvalue weighted by molar-refractivity contribution is 5.74. The predicted octanol–water partition coefficient (Wildman–Crippen LogP) is 4.04. The third kappa shape index (κ3) is 14.3. The van der Waals surface area contributed by atoms with E-state index < -0.39 is 18.1 Å². The molecule has 0 aromatic rings. The van der Waals surface area contributed by atoms with Crippen molar-refractivity contribution in [2.45, 2.75) is 115 Å². The van der Waals surface area contributed by atoms with E-state index in [4.69, 9.17) is 15.2 Å². The van der Waals surface area contributed by atoms with E-state index in [1.807, 2.05) is 4.90 Å². The number of likely N-dealkylation sites (tertiary alicyclic amines) is 1. The van der Waals surface area contributed by atoms with Gasteiger partial charge >= 0.3 is 17.9 Å². The van der Waals surface area contributed by atoms with E-state index in [9.17, 15) is 19.5 Å². The Morgan fingerprint density at radius 1 is 0.879 bits per heavy atom. The zero-order valence-corrected chi connectivity index (χ0v) is 20.6. The van der Waals surface area contributed by atoms with Crippen LogP contribution in [0.5, 0.6) is 0 Å². The van der Waals surface area contributed by atoms with Gasteiger partial charge in [-0.15, -0.1) is 0 Å². The maximum atomic E-state index is 11.9. The van der Waals surface area contributed by atoms with Gasteiger partial charge in [-0.25, -0.2) is 0 Å². The topological polar surface area (TPSA) is 119 Å². The molecule has 0 bridgehead atoms. The predicted molar refractivity (Wildman–Crippen MR) is 128 cm³/mol. The van der Waals surface area contributed by atoms with E-state index in [1.165, 1.54) is 44.9 Å². The number of nitrogens with zero attached hydrogens (tertiary/aromatic N) is 1. The number of aliphatic carboxylic acids is 1. The zero-order chi connectivity index (χ0) is 24.3. The van der Waals surface area contributed by atoms with Gasteiger partial charge in [0.2, 0.25) is 0 Å². The lowest BCUT2D eigenvalue weighted by Crippen LogP contribution is -2.36. The van der Waals surface area contributed by atoms with Gasteiger partial charge in [-0.1, -0.05) is 64.7 Å². The first-order chi connectivity index (χ1) is 16.0. The van der Waals surface area contributed by atoms with Crippen LogP contribution in [0, 0.1) is 0 Å². The summed E-state index contributed by atoms with van der Waals surface area (Å²) in [6.07, 6.45) is 13.9. The number of hydrogen-bond acceptors (Lipinski definition) is 7. The lowest BCUT2D eigenvalue weighted by Gasteiger charge is -2.20. The van der Waals surface area contributed by atoms with E-state index in [1.54, 1.807) is 0 Å². The number of carboxylic acid groups (broad SMARTS) is 1. The van der Waals surface area contributed by atoms with Crippen LogP contribution in [-0.4, -0.2) is 66.3 Å². The summed E-state index contributed by atoms with van der Waals surface area (Å²) >= 11 is 0. The summed E-state index contributed by atoms with van der Waals surface area (Å²) in [5.74, 6) is -1.42.